The minimum atomic E-state index is -0.233. The third-order valence-corrected chi connectivity index (χ3v) is 4.42. The van der Waals surface area contributed by atoms with E-state index in [4.69, 9.17) is 5.11 Å². The van der Waals surface area contributed by atoms with Crippen LogP contribution in [0.2, 0.25) is 0 Å². The van der Waals surface area contributed by atoms with Crippen LogP contribution in [0.25, 0.3) is 0 Å². The fraction of sp³-hybridized carbons (Fsp3) is 0.316. The van der Waals surface area contributed by atoms with Crippen LogP contribution in [0.3, 0.4) is 0 Å². The lowest BCUT2D eigenvalue weighted by Crippen LogP contribution is -2.40. The molecule has 0 aliphatic carbocycles. The van der Waals surface area contributed by atoms with E-state index in [1.165, 1.54) is 5.56 Å². The van der Waals surface area contributed by atoms with Gasteiger partial charge in [0, 0.05) is 24.1 Å². The Hall–Kier alpha value is -1.98. The van der Waals surface area contributed by atoms with Crippen molar-refractivity contribution in [3.05, 3.63) is 65.7 Å². The maximum atomic E-state index is 12.3. The maximum Gasteiger partial charge on any atom is 0.319 e. The summed E-state index contributed by atoms with van der Waals surface area (Å²) < 4.78 is 0. The lowest BCUT2D eigenvalue weighted by molar-refractivity contribution is 0.241. The molecule has 2 aromatic rings. The number of carbonyl (C=O) groups is 1. The van der Waals surface area contributed by atoms with Gasteiger partial charge < -0.3 is 15.7 Å². The summed E-state index contributed by atoms with van der Waals surface area (Å²) in [6.07, 6.45) is 3.31. The summed E-state index contributed by atoms with van der Waals surface area (Å²) in [5.74, 6) is 0.777. The van der Waals surface area contributed by atoms with Crippen molar-refractivity contribution in [2.75, 3.05) is 23.9 Å². The second-order valence-corrected chi connectivity index (χ2v) is 6.49. The molecule has 2 amide bonds. The molecule has 5 heteroatoms. The number of hydrogen-bond donors (Lipinski definition) is 3. The van der Waals surface area contributed by atoms with Gasteiger partial charge in [0.15, 0.2) is 0 Å². The molecule has 0 aliphatic heterocycles. The number of urea groups is 1. The number of benzene rings is 2. The quantitative estimate of drug-likeness (QED) is 0.687. The van der Waals surface area contributed by atoms with E-state index >= 15 is 0 Å². The van der Waals surface area contributed by atoms with E-state index in [0.717, 1.165) is 23.4 Å². The third kappa shape index (κ3) is 5.91. The van der Waals surface area contributed by atoms with Gasteiger partial charge in [-0.05, 0) is 36.3 Å². The first-order valence-electron chi connectivity index (χ1n) is 8.02. The third-order valence-electron chi connectivity index (χ3n) is 3.68. The average Bonchev–Trinajstić information content (AvgIpc) is 2.58. The Balaban J connectivity index is 2.02. The van der Waals surface area contributed by atoms with E-state index in [1.54, 1.807) is 11.8 Å². The van der Waals surface area contributed by atoms with Crippen molar-refractivity contribution in [3.8, 4) is 0 Å². The molecule has 0 unspecified atom stereocenters. The molecule has 0 aromatic heterocycles. The number of rotatable bonds is 8. The smallest absolute Gasteiger partial charge is 0.319 e. The Morgan fingerprint density at radius 1 is 1.12 bits per heavy atom. The second kappa shape index (κ2) is 10.0. The molecular formula is C19H24N2O2S. The molecule has 0 radical (unpaired) electrons. The van der Waals surface area contributed by atoms with Crippen LogP contribution in [0.1, 0.15) is 17.5 Å². The van der Waals surface area contributed by atoms with Crippen molar-refractivity contribution in [1.82, 2.24) is 5.32 Å². The molecule has 24 heavy (non-hydrogen) atoms. The van der Waals surface area contributed by atoms with Crippen LogP contribution < -0.4 is 10.6 Å². The molecule has 1 atom stereocenters. The first kappa shape index (κ1) is 18.4. The molecule has 0 fully saturated rings. The van der Waals surface area contributed by atoms with Gasteiger partial charge in [-0.25, -0.2) is 4.79 Å². The van der Waals surface area contributed by atoms with Gasteiger partial charge in [0.1, 0.15) is 0 Å². The minimum absolute atomic E-state index is 0.0358. The summed E-state index contributed by atoms with van der Waals surface area (Å²) in [5.41, 5.74) is 3.08. The van der Waals surface area contributed by atoms with Gasteiger partial charge in [0.25, 0.3) is 0 Å². The zero-order valence-electron chi connectivity index (χ0n) is 13.9. The van der Waals surface area contributed by atoms with Crippen LogP contribution in [0.5, 0.6) is 0 Å². The van der Waals surface area contributed by atoms with Crippen molar-refractivity contribution >= 4 is 23.5 Å². The highest BCUT2D eigenvalue weighted by atomic mass is 32.2. The monoisotopic (exact) mass is 344 g/mol. The van der Waals surface area contributed by atoms with Crippen LogP contribution in [0, 0.1) is 0 Å². The molecule has 4 nitrogen and oxygen atoms in total. The summed E-state index contributed by atoms with van der Waals surface area (Å²) in [6.45, 7) is 0.0656. The highest BCUT2D eigenvalue weighted by Gasteiger charge is 2.12. The Labute approximate surface area is 147 Å². The molecule has 0 heterocycles. The number of carbonyl (C=O) groups excluding carboxylic acids is 1. The summed E-state index contributed by atoms with van der Waals surface area (Å²) >= 11 is 1.65. The zero-order chi connectivity index (χ0) is 17.2. The summed E-state index contributed by atoms with van der Waals surface area (Å²) in [7, 11) is 0. The first-order valence-corrected chi connectivity index (χ1v) is 9.41. The summed E-state index contributed by atoms with van der Waals surface area (Å²) in [5, 5.41) is 15.0. The molecule has 2 rings (SSSR count). The molecule has 0 aliphatic rings. The Kier molecular flexibility index (Phi) is 7.65. The summed E-state index contributed by atoms with van der Waals surface area (Å²) in [6, 6.07) is 17.7. The lowest BCUT2D eigenvalue weighted by Gasteiger charge is -2.18. The van der Waals surface area contributed by atoms with E-state index in [1.807, 2.05) is 48.7 Å². The molecule has 2 aromatic carbocycles. The number of aliphatic hydroxyl groups is 1. The first-order chi connectivity index (χ1) is 11.7. The van der Waals surface area contributed by atoms with Crippen LogP contribution in [-0.2, 0) is 6.42 Å². The Morgan fingerprint density at radius 2 is 1.83 bits per heavy atom. The van der Waals surface area contributed by atoms with Gasteiger partial charge in [-0.1, -0.05) is 48.5 Å². The highest BCUT2D eigenvalue weighted by molar-refractivity contribution is 7.98. The zero-order valence-corrected chi connectivity index (χ0v) is 14.7. The predicted octanol–water partition coefficient (Wildman–Crippen LogP) is 3.51. The van der Waals surface area contributed by atoms with Crippen LogP contribution in [0.15, 0.2) is 54.6 Å². The van der Waals surface area contributed by atoms with E-state index in [0.29, 0.717) is 6.42 Å². The van der Waals surface area contributed by atoms with E-state index in [2.05, 4.69) is 22.8 Å². The normalized spacial score (nSPS) is 11.8. The molecule has 128 valence electrons. The number of aliphatic hydroxyl groups excluding tert-OH is 1. The van der Waals surface area contributed by atoms with Gasteiger partial charge in [0.05, 0.1) is 0 Å². The largest absolute Gasteiger partial charge is 0.396 e. The molecule has 0 bridgehead atoms. The van der Waals surface area contributed by atoms with Gasteiger partial charge in [-0.2, -0.15) is 11.8 Å². The van der Waals surface area contributed by atoms with Crippen LogP contribution in [-0.4, -0.2) is 35.8 Å². The maximum absolute atomic E-state index is 12.3. The van der Waals surface area contributed by atoms with E-state index in [9.17, 15) is 4.79 Å². The molecule has 0 saturated heterocycles. The van der Waals surface area contributed by atoms with Crippen LogP contribution >= 0.6 is 11.8 Å². The summed E-state index contributed by atoms with van der Waals surface area (Å²) in [4.78, 5) is 12.3. The van der Waals surface area contributed by atoms with Gasteiger partial charge in [-0.3, -0.25) is 0 Å². The second-order valence-electron chi connectivity index (χ2n) is 5.58. The number of nitrogens with one attached hydrogen (secondary N) is 2. The fourth-order valence-corrected chi connectivity index (χ4v) is 3.16. The molecular weight excluding hydrogens is 320 g/mol. The molecule has 3 N–H and O–H groups in total. The van der Waals surface area contributed by atoms with Gasteiger partial charge >= 0.3 is 6.03 Å². The van der Waals surface area contributed by atoms with E-state index in [-0.39, 0.29) is 18.7 Å². The lowest BCUT2D eigenvalue weighted by atomic mass is 10.0. The highest BCUT2D eigenvalue weighted by Crippen LogP contribution is 2.19. The van der Waals surface area contributed by atoms with Crippen molar-refractivity contribution in [2.24, 2.45) is 0 Å². The standard InChI is InChI=1S/C19H24N2O2S/c1-24-14-17(11-12-22)20-19(23)21-18-10-6-5-9-16(18)13-15-7-3-2-4-8-15/h2-10,17,22H,11-14H2,1H3,(H2,20,21,23)/t17-/m0/s1. The predicted molar refractivity (Wildman–Crippen MR) is 102 cm³/mol. The molecule has 0 saturated carbocycles. The fourth-order valence-electron chi connectivity index (χ4n) is 2.51. The SMILES string of the molecule is CSC[C@H](CCO)NC(=O)Nc1ccccc1Cc1ccccc1. The minimum Gasteiger partial charge on any atom is -0.396 e. The number of hydrogen-bond acceptors (Lipinski definition) is 3. The van der Waals surface area contributed by atoms with Gasteiger partial charge in [-0.15, -0.1) is 0 Å². The Bertz CT molecular complexity index is 628. The number of anilines is 1. The topological polar surface area (TPSA) is 61.4 Å². The number of thioether (sulfide) groups is 1. The van der Waals surface area contributed by atoms with Crippen molar-refractivity contribution < 1.29 is 9.90 Å². The number of para-hydroxylation sites is 1. The van der Waals surface area contributed by atoms with Crippen molar-refractivity contribution in [3.63, 3.8) is 0 Å². The number of amides is 2. The van der Waals surface area contributed by atoms with Gasteiger partial charge in [0.2, 0.25) is 0 Å². The molecule has 0 spiro atoms. The van der Waals surface area contributed by atoms with Crippen molar-refractivity contribution in [1.29, 1.82) is 0 Å². The van der Waals surface area contributed by atoms with E-state index < -0.39 is 0 Å². The average molecular weight is 344 g/mol. The van der Waals surface area contributed by atoms with Crippen molar-refractivity contribution in [2.45, 2.75) is 18.9 Å². The Morgan fingerprint density at radius 3 is 2.54 bits per heavy atom. The van der Waals surface area contributed by atoms with Crippen LogP contribution in [0.4, 0.5) is 10.5 Å².